The molecule has 4 rings (SSSR count). The summed E-state index contributed by atoms with van der Waals surface area (Å²) in [6.45, 7) is 1.92. The van der Waals surface area contributed by atoms with Crippen LogP contribution >= 0.6 is 0 Å². The molecule has 150 valence electrons. The van der Waals surface area contributed by atoms with Gasteiger partial charge in [0.1, 0.15) is 0 Å². The molecule has 8 heteroatoms. The zero-order valence-electron chi connectivity index (χ0n) is 16.8. The Morgan fingerprint density at radius 2 is 1.77 bits per heavy atom. The second-order valence-electron chi connectivity index (χ2n) is 7.00. The van der Waals surface area contributed by atoms with Crippen LogP contribution in [0.15, 0.2) is 59.1 Å². The first-order valence-electron chi connectivity index (χ1n) is 9.28. The summed E-state index contributed by atoms with van der Waals surface area (Å²) in [6, 6.07) is 14.9. The van der Waals surface area contributed by atoms with E-state index in [0.29, 0.717) is 22.8 Å². The highest BCUT2D eigenvalue weighted by molar-refractivity contribution is 5.94. The summed E-state index contributed by atoms with van der Waals surface area (Å²) in [5, 5.41) is 8.18. The maximum Gasteiger partial charge on any atom is 0.270 e. The van der Waals surface area contributed by atoms with Gasteiger partial charge >= 0.3 is 0 Å². The highest BCUT2D eigenvalue weighted by Gasteiger charge is 2.18. The molecular formula is C22H20N6O2. The fraction of sp³-hybridized carbons (Fsp3) is 0.136. The van der Waals surface area contributed by atoms with Crippen molar-refractivity contribution in [2.45, 2.75) is 6.92 Å². The monoisotopic (exact) mass is 400 g/mol. The Bertz CT molecular complexity index is 1220. The molecule has 30 heavy (non-hydrogen) atoms. The first-order chi connectivity index (χ1) is 14.4. The number of aryl methyl sites for hydroxylation is 1. The molecule has 2 aromatic heterocycles. The lowest BCUT2D eigenvalue weighted by Crippen LogP contribution is -2.21. The molecule has 1 amide bonds. The van der Waals surface area contributed by atoms with Gasteiger partial charge in [-0.3, -0.25) is 4.79 Å². The number of carbonyl (C=O) groups is 1. The fourth-order valence-electron chi connectivity index (χ4n) is 3.04. The predicted octanol–water partition coefficient (Wildman–Crippen LogP) is 3.45. The average molecular weight is 400 g/mol. The summed E-state index contributed by atoms with van der Waals surface area (Å²) in [5.41, 5.74) is 10.1. The van der Waals surface area contributed by atoms with Gasteiger partial charge in [0.2, 0.25) is 5.89 Å². The van der Waals surface area contributed by atoms with Gasteiger partial charge in [0.25, 0.3) is 11.8 Å². The smallest absolute Gasteiger partial charge is 0.270 e. The highest BCUT2D eigenvalue weighted by Crippen LogP contribution is 2.29. The summed E-state index contributed by atoms with van der Waals surface area (Å²) < 4.78 is 5.78. The molecule has 0 bridgehead atoms. The van der Waals surface area contributed by atoms with Crippen LogP contribution in [0.1, 0.15) is 15.9 Å². The molecule has 2 heterocycles. The number of rotatable bonds is 4. The first kappa shape index (κ1) is 19.3. The summed E-state index contributed by atoms with van der Waals surface area (Å²) >= 11 is 0. The zero-order chi connectivity index (χ0) is 21.3. The molecule has 0 saturated carbocycles. The molecule has 0 spiro atoms. The topological polar surface area (TPSA) is 111 Å². The molecule has 0 unspecified atom stereocenters. The van der Waals surface area contributed by atoms with E-state index in [4.69, 9.17) is 10.2 Å². The summed E-state index contributed by atoms with van der Waals surface area (Å²) in [4.78, 5) is 22.6. The molecule has 0 saturated heterocycles. The molecule has 0 radical (unpaired) electrons. The van der Waals surface area contributed by atoms with Crippen LogP contribution in [-0.4, -0.2) is 45.1 Å². The minimum atomic E-state index is -0.0620. The van der Waals surface area contributed by atoms with Crippen molar-refractivity contribution in [1.29, 1.82) is 0 Å². The van der Waals surface area contributed by atoms with Gasteiger partial charge in [-0.05, 0) is 36.8 Å². The van der Waals surface area contributed by atoms with Gasteiger partial charge in [-0.1, -0.05) is 24.3 Å². The van der Waals surface area contributed by atoms with Gasteiger partial charge in [0.05, 0.1) is 11.9 Å². The third-order valence-corrected chi connectivity index (χ3v) is 4.60. The quantitative estimate of drug-likeness (QED) is 0.558. The van der Waals surface area contributed by atoms with Crippen LogP contribution in [0.2, 0.25) is 0 Å². The Kier molecular flexibility index (Phi) is 4.97. The van der Waals surface area contributed by atoms with Gasteiger partial charge in [-0.25, -0.2) is 9.97 Å². The molecule has 0 aliphatic rings. The second kappa shape index (κ2) is 7.75. The minimum absolute atomic E-state index is 0.0620. The van der Waals surface area contributed by atoms with Crippen LogP contribution < -0.4 is 5.73 Å². The highest BCUT2D eigenvalue weighted by atomic mass is 16.4. The van der Waals surface area contributed by atoms with E-state index in [1.165, 1.54) is 4.90 Å². The van der Waals surface area contributed by atoms with E-state index in [9.17, 15) is 4.79 Å². The number of hydrogen-bond donors (Lipinski definition) is 1. The van der Waals surface area contributed by atoms with Gasteiger partial charge in [0, 0.05) is 30.8 Å². The van der Waals surface area contributed by atoms with E-state index >= 15 is 0 Å². The van der Waals surface area contributed by atoms with Gasteiger partial charge < -0.3 is 15.1 Å². The van der Waals surface area contributed by atoms with Crippen molar-refractivity contribution < 1.29 is 9.21 Å². The lowest BCUT2D eigenvalue weighted by Gasteiger charge is -2.12. The second-order valence-corrected chi connectivity index (χ2v) is 7.00. The van der Waals surface area contributed by atoms with Crippen molar-refractivity contribution in [3.63, 3.8) is 0 Å². The molecule has 2 N–H and O–H groups in total. The van der Waals surface area contributed by atoms with Crippen LogP contribution in [0.5, 0.6) is 0 Å². The molecule has 0 fully saturated rings. The SMILES string of the molecule is Cc1cc(C(=O)N(C)C)ccc1-c1cnc(N)c(-c2nnc(-c3ccccc3)o2)n1. The van der Waals surface area contributed by atoms with Crippen LogP contribution in [0.25, 0.3) is 34.3 Å². The van der Waals surface area contributed by atoms with Crippen molar-refractivity contribution >= 4 is 11.7 Å². The van der Waals surface area contributed by atoms with Crippen molar-refractivity contribution in [3.8, 4) is 34.3 Å². The molecular weight excluding hydrogens is 380 g/mol. The Morgan fingerprint density at radius 3 is 2.47 bits per heavy atom. The van der Waals surface area contributed by atoms with E-state index in [-0.39, 0.29) is 17.6 Å². The number of carbonyl (C=O) groups excluding carboxylic acids is 1. The van der Waals surface area contributed by atoms with Crippen LogP contribution in [-0.2, 0) is 0 Å². The molecule has 0 aliphatic carbocycles. The van der Waals surface area contributed by atoms with E-state index in [1.807, 2.05) is 49.4 Å². The number of anilines is 1. The average Bonchev–Trinajstić information content (AvgIpc) is 3.24. The number of benzene rings is 2. The van der Waals surface area contributed by atoms with Gasteiger partial charge in [-0.2, -0.15) is 0 Å². The maximum atomic E-state index is 12.2. The van der Waals surface area contributed by atoms with E-state index in [1.54, 1.807) is 26.4 Å². The van der Waals surface area contributed by atoms with Crippen molar-refractivity contribution in [3.05, 3.63) is 65.9 Å². The third-order valence-electron chi connectivity index (χ3n) is 4.60. The predicted molar refractivity (Wildman–Crippen MR) is 113 cm³/mol. The normalized spacial score (nSPS) is 10.8. The van der Waals surface area contributed by atoms with Crippen LogP contribution in [0.3, 0.4) is 0 Å². The number of hydrogen-bond acceptors (Lipinski definition) is 7. The Balaban J connectivity index is 1.71. The molecule has 4 aromatic rings. The van der Waals surface area contributed by atoms with Crippen molar-refractivity contribution in [1.82, 2.24) is 25.1 Å². The largest absolute Gasteiger partial charge is 0.414 e. The van der Waals surface area contributed by atoms with E-state index in [0.717, 1.165) is 16.7 Å². The molecule has 0 aliphatic heterocycles. The van der Waals surface area contributed by atoms with E-state index in [2.05, 4.69) is 20.2 Å². The van der Waals surface area contributed by atoms with Crippen molar-refractivity contribution in [2.24, 2.45) is 0 Å². The fourth-order valence-corrected chi connectivity index (χ4v) is 3.04. The molecule has 8 nitrogen and oxygen atoms in total. The van der Waals surface area contributed by atoms with E-state index < -0.39 is 0 Å². The van der Waals surface area contributed by atoms with Gasteiger partial charge in [0.15, 0.2) is 11.5 Å². The number of aromatic nitrogens is 4. The van der Waals surface area contributed by atoms with Gasteiger partial charge in [-0.15, -0.1) is 10.2 Å². The first-order valence-corrected chi connectivity index (χ1v) is 9.28. The Morgan fingerprint density at radius 1 is 1.03 bits per heavy atom. The van der Waals surface area contributed by atoms with Crippen LogP contribution in [0.4, 0.5) is 5.82 Å². The van der Waals surface area contributed by atoms with Crippen molar-refractivity contribution in [2.75, 3.05) is 19.8 Å². The summed E-state index contributed by atoms with van der Waals surface area (Å²) in [5.74, 6) is 0.699. The third kappa shape index (κ3) is 3.62. The number of nitrogens with zero attached hydrogens (tertiary/aromatic N) is 5. The lowest BCUT2D eigenvalue weighted by atomic mass is 10.0. The standard InChI is InChI=1S/C22H20N6O2/c1-13-11-15(22(29)28(2)3)9-10-16(13)17-12-24-19(23)18(25-17)21-27-26-20(30-21)14-7-5-4-6-8-14/h4-12H,1-3H3,(H2,23,24). The van der Waals surface area contributed by atoms with Crippen LogP contribution in [0, 0.1) is 6.92 Å². The summed E-state index contributed by atoms with van der Waals surface area (Å²) in [7, 11) is 3.44. The number of nitrogen functional groups attached to an aromatic ring is 1. The minimum Gasteiger partial charge on any atom is -0.414 e. The molecule has 0 atom stereocenters. The zero-order valence-corrected chi connectivity index (χ0v) is 16.8. The lowest BCUT2D eigenvalue weighted by molar-refractivity contribution is 0.0827. The molecule has 2 aromatic carbocycles. The number of nitrogens with two attached hydrogens (primary N) is 1. The summed E-state index contributed by atoms with van der Waals surface area (Å²) in [6.07, 6.45) is 1.59. The Hall–Kier alpha value is -4.07. The number of amides is 1. The Labute approximate surface area is 173 Å². The maximum absolute atomic E-state index is 12.2.